The third kappa shape index (κ3) is 4.04. The van der Waals surface area contributed by atoms with Crippen molar-refractivity contribution in [3.8, 4) is 0 Å². The molecule has 0 aliphatic rings. The SMILES string of the molecule is CC(C)(C)c1nc(C(=O)NCCNC(N)=O)n[nH]1. The number of carbonyl (C=O) groups excluding carboxylic acids is 2. The van der Waals surface area contributed by atoms with Crippen LogP contribution in [0.1, 0.15) is 37.2 Å². The summed E-state index contributed by atoms with van der Waals surface area (Å²) in [6, 6.07) is -0.628. The zero-order valence-corrected chi connectivity index (χ0v) is 10.7. The van der Waals surface area contributed by atoms with Crippen LogP contribution in [0.5, 0.6) is 0 Å². The molecule has 1 aromatic rings. The molecule has 5 N–H and O–H groups in total. The highest BCUT2D eigenvalue weighted by molar-refractivity contribution is 5.90. The summed E-state index contributed by atoms with van der Waals surface area (Å²) in [5, 5.41) is 11.5. The van der Waals surface area contributed by atoms with Crippen molar-refractivity contribution in [2.45, 2.75) is 26.2 Å². The fraction of sp³-hybridized carbons (Fsp3) is 0.600. The maximum atomic E-state index is 11.6. The smallest absolute Gasteiger partial charge is 0.312 e. The van der Waals surface area contributed by atoms with Crippen LogP contribution in [0.25, 0.3) is 0 Å². The Labute approximate surface area is 105 Å². The number of rotatable bonds is 4. The quantitative estimate of drug-likeness (QED) is 0.540. The van der Waals surface area contributed by atoms with E-state index < -0.39 is 11.9 Å². The van der Waals surface area contributed by atoms with Crippen molar-refractivity contribution in [1.29, 1.82) is 0 Å². The number of urea groups is 1. The molecule has 0 atom stereocenters. The van der Waals surface area contributed by atoms with E-state index in [-0.39, 0.29) is 24.3 Å². The van der Waals surface area contributed by atoms with Gasteiger partial charge in [-0.05, 0) is 0 Å². The topological polar surface area (TPSA) is 126 Å². The number of carbonyl (C=O) groups is 2. The minimum atomic E-state index is -0.628. The number of nitrogens with zero attached hydrogens (tertiary/aromatic N) is 2. The van der Waals surface area contributed by atoms with Gasteiger partial charge in [0.1, 0.15) is 5.82 Å². The third-order valence-electron chi connectivity index (χ3n) is 2.11. The molecule has 1 aromatic heterocycles. The predicted molar refractivity (Wildman–Crippen MR) is 65.0 cm³/mol. The van der Waals surface area contributed by atoms with Gasteiger partial charge in [-0.1, -0.05) is 20.8 Å². The van der Waals surface area contributed by atoms with Crippen molar-refractivity contribution >= 4 is 11.9 Å². The number of nitrogens with two attached hydrogens (primary N) is 1. The van der Waals surface area contributed by atoms with Crippen molar-refractivity contribution in [2.24, 2.45) is 5.73 Å². The average Bonchev–Trinajstić information content (AvgIpc) is 2.72. The standard InChI is InChI=1S/C10H18N6O2/c1-10(2,3)8-14-6(15-16-8)7(17)12-4-5-13-9(11)18/h4-5H2,1-3H3,(H,12,17)(H3,11,13,18)(H,14,15,16). The summed E-state index contributed by atoms with van der Waals surface area (Å²) in [7, 11) is 0. The van der Waals surface area contributed by atoms with Gasteiger partial charge in [-0.25, -0.2) is 9.78 Å². The number of hydrogen-bond acceptors (Lipinski definition) is 4. The molecule has 0 aliphatic carbocycles. The van der Waals surface area contributed by atoms with Crippen molar-refractivity contribution in [3.63, 3.8) is 0 Å². The number of hydrogen-bond donors (Lipinski definition) is 4. The maximum absolute atomic E-state index is 11.6. The van der Waals surface area contributed by atoms with Gasteiger partial charge in [-0.2, -0.15) is 0 Å². The molecule has 0 fully saturated rings. The lowest BCUT2D eigenvalue weighted by atomic mass is 9.96. The number of H-pyrrole nitrogens is 1. The lowest BCUT2D eigenvalue weighted by molar-refractivity contribution is 0.0944. The fourth-order valence-corrected chi connectivity index (χ4v) is 1.14. The first-order valence-electron chi connectivity index (χ1n) is 5.55. The first kappa shape index (κ1) is 13.9. The third-order valence-corrected chi connectivity index (χ3v) is 2.11. The van der Waals surface area contributed by atoms with Crippen LogP contribution in [0.15, 0.2) is 0 Å². The average molecular weight is 254 g/mol. The van der Waals surface area contributed by atoms with Crippen molar-refractivity contribution in [1.82, 2.24) is 25.8 Å². The number of nitrogens with one attached hydrogen (secondary N) is 3. The van der Waals surface area contributed by atoms with E-state index in [1.165, 1.54) is 0 Å². The second-order valence-electron chi connectivity index (χ2n) is 4.80. The van der Waals surface area contributed by atoms with Gasteiger partial charge in [-0.3, -0.25) is 9.89 Å². The largest absolute Gasteiger partial charge is 0.352 e. The Hall–Kier alpha value is -2.12. The first-order valence-corrected chi connectivity index (χ1v) is 5.55. The molecule has 0 radical (unpaired) electrons. The van der Waals surface area contributed by atoms with E-state index in [0.29, 0.717) is 5.82 Å². The zero-order valence-electron chi connectivity index (χ0n) is 10.7. The van der Waals surface area contributed by atoms with Crippen LogP contribution in [0.4, 0.5) is 4.79 Å². The summed E-state index contributed by atoms with van der Waals surface area (Å²) in [6.07, 6.45) is 0. The van der Waals surface area contributed by atoms with Crippen LogP contribution in [-0.2, 0) is 5.41 Å². The minimum Gasteiger partial charge on any atom is -0.352 e. The monoisotopic (exact) mass is 254 g/mol. The van der Waals surface area contributed by atoms with Gasteiger partial charge < -0.3 is 16.4 Å². The minimum absolute atomic E-state index is 0.0824. The van der Waals surface area contributed by atoms with Crippen molar-refractivity contribution < 1.29 is 9.59 Å². The highest BCUT2D eigenvalue weighted by atomic mass is 16.2. The van der Waals surface area contributed by atoms with Gasteiger partial charge >= 0.3 is 6.03 Å². The Kier molecular flexibility index (Phi) is 4.24. The van der Waals surface area contributed by atoms with Gasteiger partial charge in [0.2, 0.25) is 5.82 Å². The summed E-state index contributed by atoms with van der Waals surface area (Å²) in [4.78, 5) is 26.1. The molecular formula is C10H18N6O2. The van der Waals surface area contributed by atoms with Crippen LogP contribution in [-0.4, -0.2) is 40.2 Å². The van der Waals surface area contributed by atoms with Gasteiger partial charge in [0.15, 0.2) is 0 Å². The fourth-order valence-electron chi connectivity index (χ4n) is 1.14. The molecule has 1 heterocycles. The lowest BCUT2D eigenvalue weighted by Crippen LogP contribution is -2.37. The zero-order chi connectivity index (χ0) is 13.8. The number of amides is 3. The lowest BCUT2D eigenvalue weighted by Gasteiger charge is -2.12. The molecule has 18 heavy (non-hydrogen) atoms. The molecule has 0 aromatic carbocycles. The second kappa shape index (κ2) is 5.48. The summed E-state index contributed by atoms with van der Waals surface area (Å²) in [5.41, 5.74) is 4.68. The normalized spacial score (nSPS) is 11.1. The molecule has 8 nitrogen and oxygen atoms in total. The van der Waals surface area contributed by atoms with Crippen molar-refractivity contribution in [2.75, 3.05) is 13.1 Å². The molecule has 3 amide bonds. The van der Waals surface area contributed by atoms with Crippen LogP contribution >= 0.6 is 0 Å². The van der Waals surface area contributed by atoms with E-state index in [1.807, 2.05) is 20.8 Å². The van der Waals surface area contributed by atoms with Crippen LogP contribution in [0.3, 0.4) is 0 Å². The van der Waals surface area contributed by atoms with E-state index in [0.717, 1.165) is 0 Å². The first-order chi connectivity index (χ1) is 8.30. The molecule has 0 aliphatic heterocycles. The highest BCUT2D eigenvalue weighted by Gasteiger charge is 2.20. The summed E-state index contributed by atoms with van der Waals surface area (Å²) >= 11 is 0. The van der Waals surface area contributed by atoms with E-state index in [1.54, 1.807) is 0 Å². The van der Waals surface area contributed by atoms with Gasteiger partial charge in [0.25, 0.3) is 5.91 Å². The second-order valence-corrected chi connectivity index (χ2v) is 4.80. The number of aromatic nitrogens is 3. The molecule has 1 rings (SSSR count). The van der Waals surface area contributed by atoms with Gasteiger partial charge in [-0.15, -0.1) is 5.10 Å². The maximum Gasteiger partial charge on any atom is 0.312 e. The molecule has 0 spiro atoms. The molecule has 0 saturated carbocycles. The number of primary amides is 1. The van der Waals surface area contributed by atoms with Crippen LogP contribution in [0.2, 0.25) is 0 Å². The molecule has 8 heteroatoms. The Morgan fingerprint density at radius 1 is 1.28 bits per heavy atom. The van der Waals surface area contributed by atoms with E-state index in [2.05, 4.69) is 25.8 Å². The Bertz CT molecular complexity index is 434. The Morgan fingerprint density at radius 2 is 1.89 bits per heavy atom. The molecule has 0 bridgehead atoms. The highest BCUT2D eigenvalue weighted by Crippen LogP contribution is 2.17. The number of aromatic amines is 1. The van der Waals surface area contributed by atoms with E-state index >= 15 is 0 Å². The molecule has 0 unspecified atom stereocenters. The van der Waals surface area contributed by atoms with Crippen molar-refractivity contribution in [3.05, 3.63) is 11.6 Å². The molecule has 0 saturated heterocycles. The van der Waals surface area contributed by atoms with Gasteiger partial charge in [0.05, 0.1) is 0 Å². The molecular weight excluding hydrogens is 236 g/mol. The van der Waals surface area contributed by atoms with E-state index in [9.17, 15) is 9.59 Å². The predicted octanol–water partition coefficient (Wildman–Crippen LogP) is -0.500. The Balaban J connectivity index is 2.47. The summed E-state index contributed by atoms with van der Waals surface area (Å²) in [6.45, 7) is 6.42. The van der Waals surface area contributed by atoms with E-state index in [4.69, 9.17) is 5.73 Å². The van der Waals surface area contributed by atoms with Crippen LogP contribution < -0.4 is 16.4 Å². The van der Waals surface area contributed by atoms with Crippen LogP contribution in [0, 0.1) is 0 Å². The Morgan fingerprint density at radius 3 is 2.39 bits per heavy atom. The summed E-state index contributed by atoms with van der Waals surface area (Å²) in [5.74, 6) is 0.329. The van der Waals surface area contributed by atoms with Gasteiger partial charge in [0, 0.05) is 18.5 Å². The summed E-state index contributed by atoms with van der Waals surface area (Å²) < 4.78 is 0. The molecule has 100 valence electrons.